The number of hydrogen-bond acceptors (Lipinski definition) is 7. The molecule has 0 bridgehead atoms. The second kappa shape index (κ2) is 10.2. The minimum absolute atomic E-state index is 0.154. The third kappa shape index (κ3) is 6.13. The van der Waals surface area contributed by atoms with Crippen LogP contribution in [-0.4, -0.2) is 69.9 Å². The van der Waals surface area contributed by atoms with Gasteiger partial charge in [-0.15, -0.1) is 0 Å². The van der Waals surface area contributed by atoms with Crippen LogP contribution >= 0.6 is 0 Å². The highest BCUT2D eigenvalue weighted by atomic mass is 16.5. The molecule has 0 aromatic carbocycles. The van der Waals surface area contributed by atoms with Gasteiger partial charge < -0.3 is 9.64 Å². The number of fused-ring (bicyclic) bond motifs is 1. The fraction of sp³-hybridized carbons (Fsp3) is 0.750. The van der Waals surface area contributed by atoms with Crippen molar-refractivity contribution in [2.75, 3.05) is 44.2 Å². The van der Waals surface area contributed by atoms with E-state index in [9.17, 15) is 9.59 Å². The van der Waals surface area contributed by atoms with E-state index in [1.165, 1.54) is 0 Å². The summed E-state index contributed by atoms with van der Waals surface area (Å²) >= 11 is 0. The van der Waals surface area contributed by atoms with Crippen LogP contribution in [0, 0.1) is 11.8 Å². The van der Waals surface area contributed by atoms with Crippen LogP contribution in [0.15, 0.2) is 4.79 Å². The van der Waals surface area contributed by atoms with Gasteiger partial charge in [0.15, 0.2) is 5.52 Å². The quantitative estimate of drug-likeness (QED) is 0.605. The van der Waals surface area contributed by atoms with Crippen LogP contribution in [0.3, 0.4) is 0 Å². The number of esters is 1. The smallest absolute Gasteiger partial charge is 0.320 e. The van der Waals surface area contributed by atoms with Gasteiger partial charge in [0.2, 0.25) is 5.95 Å². The summed E-state index contributed by atoms with van der Waals surface area (Å²) in [5.74, 6) is 1.36. The number of ether oxygens (including phenoxy) is 1. The predicted molar refractivity (Wildman–Crippen MR) is 131 cm³/mol. The zero-order chi connectivity index (χ0) is 24.3. The summed E-state index contributed by atoms with van der Waals surface area (Å²) in [7, 11) is 1.80. The van der Waals surface area contributed by atoms with Gasteiger partial charge in [0.25, 0.3) is 5.56 Å². The average molecular weight is 461 g/mol. The number of nitrogens with one attached hydrogen (secondary N) is 1. The van der Waals surface area contributed by atoms with Crippen molar-refractivity contribution in [2.45, 2.75) is 59.8 Å². The molecule has 2 aromatic rings. The first-order chi connectivity index (χ1) is 15.5. The normalized spacial score (nSPS) is 16.0. The van der Waals surface area contributed by atoms with E-state index in [2.05, 4.69) is 54.5 Å². The number of nitrogens with zero attached hydrogens (tertiary/aromatic N) is 5. The summed E-state index contributed by atoms with van der Waals surface area (Å²) in [6, 6.07) is 0. The van der Waals surface area contributed by atoms with Crippen molar-refractivity contribution in [1.82, 2.24) is 24.6 Å². The van der Waals surface area contributed by atoms with Crippen LogP contribution in [0.4, 0.5) is 5.95 Å². The largest absolute Gasteiger partial charge is 0.465 e. The van der Waals surface area contributed by atoms with Gasteiger partial charge in [-0.25, -0.2) is 4.98 Å². The monoisotopic (exact) mass is 460 g/mol. The van der Waals surface area contributed by atoms with Crippen LogP contribution in [-0.2, 0) is 22.0 Å². The number of piperidine rings is 1. The lowest BCUT2D eigenvalue weighted by atomic mass is 9.91. The third-order valence-corrected chi connectivity index (χ3v) is 6.12. The Morgan fingerprint density at radius 1 is 1.27 bits per heavy atom. The molecule has 0 saturated carbocycles. The Labute approximate surface area is 196 Å². The van der Waals surface area contributed by atoms with Gasteiger partial charge in [-0.1, -0.05) is 34.6 Å². The molecule has 0 atom stereocenters. The molecule has 3 heterocycles. The van der Waals surface area contributed by atoms with Crippen LogP contribution in [0.25, 0.3) is 11.0 Å². The van der Waals surface area contributed by atoms with Crippen LogP contribution in [0.1, 0.15) is 60.1 Å². The molecule has 1 saturated heterocycles. The van der Waals surface area contributed by atoms with E-state index in [-0.39, 0.29) is 16.9 Å². The Morgan fingerprint density at radius 2 is 1.94 bits per heavy atom. The lowest BCUT2D eigenvalue weighted by Crippen LogP contribution is -2.42. The Bertz CT molecular complexity index is 1010. The second-order valence-electron chi connectivity index (χ2n) is 10.6. The fourth-order valence-electron chi connectivity index (χ4n) is 4.54. The number of anilines is 1. The van der Waals surface area contributed by atoms with Crippen LogP contribution in [0.2, 0.25) is 0 Å². The first kappa shape index (κ1) is 25.2. The van der Waals surface area contributed by atoms with Gasteiger partial charge in [-0.3, -0.25) is 24.2 Å². The highest BCUT2D eigenvalue weighted by Gasteiger charge is 2.28. The van der Waals surface area contributed by atoms with Gasteiger partial charge in [0.1, 0.15) is 5.52 Å². The van der Waals surface area contributed by atoms with E-state index >= 15 is 0 Å². The van der Waals surface area contributed by atoms with Crippen molar-refractivity contribution >= 4 is 23.0 Å². The van der Waals surface area contributed by atoms with Crippen molar-refractivity contribution in [3.05, 3.63) is 16.0 Å². The zero-order valence-corrected chi connectivity index (χ0v) is 21.3. The Morgan fingerprint density at radius 3 is 2.52 bits per heavy atom. The molecule has 1 aliphatic heterocycles. The van der Waals surface area contributed by atoms with Gasteiger partial charge in [-0.05, 0) is 44.7 Å². The van der Waals surface area contributed by atoms with Gasteiger partial charge >= 0.3 is 5.97 Å². The summed E-state index contributed by atoms with van der Waals surface area (Å²) in [6.45, 7) is 16.6. The van der Waals surface area contributed by atoms with Gasteiger partial charge in [0, 0.05) is 25.6 Å². The number of likely N-dealkylation sites (tertiary alicyclic amines) is 1. The van der Waals surface area contributed by atoms with Crippen molar-refractivity contribution in [3.8, 4) is 0 Å². The van der Waals surface area contributed by atoms with Gasteiger partial charge in [-0.2, -0.15) is 5.10 Å². The Hall–Kier alpha value is -2.42. The molecule has 0 radical (unpaired) electrons. The third-order valence-electron chi connectivity index (χ3n) is 6.12. The Kier molecular flexibility index (Phi) is 7.82. The number of hydrogen-bond donors (Lipinski definition) is 1. The molecule has 3 rings (SSSR count). The molecular weight excluding hydrogens is 420 g/mol. The van der Waals surface area contributed by atoms with Crippen molar-refractivity contribution in [1.29, 1.82) is 0 Å². The zero-order valence-electron chi connectivity index (χ0n) is 21.3. The molecule has 2 aromatic heterocycles. The minimum Gasteiger partial charge on any atom is -0.465 e. The van der Waals surface area contributed by atoms with E-state index in [1.54, 1.807) is 11.7 Å². The molecule has 1 N–H and O–H groups in total. The van der Waals surface area contributed by atoms with E-state index in [0.29, 0.717) is 42.0 Å². The lowest BCUT2D eigenvalue weighted by Gasteiger charge is -2.35. The molecule has 9 nitrogen and oxygen atoms in total. The molecule has 0 spiro atoms. The van der Waals surface area contributed by atoms with Crippen molar-refractivity contribution in [2.24, 2.45) is 18.9 Å². The maximum absolute atomic E-state index is 13.0. The number of H-pyrrole nitrogens is 1. The molecule has 0 amide bonds. The predicted octanol–water partition coefficient (Wildman–Crippen LogP) is 2.69. The fourth-order valence-corrected chi connectivity index (χ4v) is 4.54. The first-order valence-corrected chi connectivity index (χ1v) is 12.1. The molecule has 33 heavy (non-hydrogen) atoms. The molecule has 9 heteroatoms. The highest BCUT2D eigenvalue weighted by molar-refractivity contribution is 5.79. The number of carbonyl (C=O) groups excluding carboxylic acids is 1. The Balaban J connectivity index is 1.81. The highest BCUT2D eigenvalue weighted by Crippen LogP contribution is 2.28. The maximum Gasteiger partial charge on any atom is 0.320 e. The lowest BCUT2D eigenvalue weighted by molar-refractivity contribution is -0.144. The van der Waals surface area contributed by atoms with E-state index in [0.717, 1.165) is 44.7 Å². The second-order valence-corrected chi connectivity index (χ2v) is 10.6. The van der Waals surface area contributed by atoms with Crippen molar-refractivity contribution in [3.63, 3.8) is 0 Å². The topological polar surface area (TPSA) is 96.3 Å². The molecule has 1 fully saturated rings. The van der Waals surface area contributed by atoms with Gasteiger partial charge in [0.05, 0.1) is 18.8 Å². The summed E-state index contributed by atoms with van der Waals surface area (Å²) in [5.41, 5.74) is 1.66. The molecule has 0 aliphatic carbocycles. The summed E-state index contributed by atoms with van der Waals surface area (Å²) in [5, 5.41) is 4.62. The molecule has 1 aliphatic rings. The summed E-state index contributed by atoms with van der Waals surface area (Å²) in [6.07, 6.45) is 2.00. The van der Waals surface area contributed by atoms with E-state index < -0.39 is 0 Å². The first-order valence-electron chi connectivity index (χ1n) is 12.1. The molecule has 0 unspecified atom stereocenters. The number of aromatic nitrogens is 4. The van der Waals surface area contributed by atoms with E-state index in [1.807, 2.05) is 6.92 Å². The molecule has 184 valence electrons. The summed E-state index contributed by atoms with van der Waals surface area (Å²) < 4.78 is 6.72. The number of carbonyl (C=O) groups is 1. The molecular formula is C24H40N6O3. The van der Waals surface area contributed by atoms with Crippen LogP contribution < -0.4 is 10.5 Å². The van der Waals surface area contributed by atoms with Crippen molar-refractivity contribution < 1.29 is 9.53 Å². The maximum atomic E-state index is 13.0. The SMILES string of the molecule is CCOC(=O)CN1CCC(CN(CC(C)C)c2nc3c(C(C)(C)C)nn(C)c3c(=O)[nH]2)CC1. The number of aromatic amines is 1. The summed E-state index contributed by atoms with van der Waals surface area (Å²) in [4.78, 5) is 37.1. The number of rotatable bonds is 8. The van der Waals surface area contributed by atoms with Crippen LogP contribution in [0.5, 0.6) is 0 Å². The number of aryl methyl sites for hydroxylation is 1. The standard InChI is InChI=1S/C24H40N6O3/c1-8-33-18(31)15-29-11-9-17(10-12-29)14-30(13-16(2)3)23-25-19-20(22(32)26-23)28(7)27-21(19)24(4,5)6/h16-17H,8-15H2,1-7H3,(H,25,26,32). The van der Waals surface area contributed by atoms with E-state index in [4.69, 9.17) is 9.72 Å². The minimum atomic E-state index is -0.216. The average Bonchev–Trinajstić information content (AvgIpc) is 3.06.